The molecule has 3 nitrogen and oxygen atoms in total. The van der Waals surface area contributed by atoms with Gasteiger partial charge in [0.05, 0.1) is 5.92 Å². The molecule has 2 aromatic carbocycles. The largest absolute Gasteiger partial charge is 0.460 e. The number of rotatable bonds is 5. The zero-order chi connectivity index (χ0) is 16.8. The average molecular weight is 320 g/mol. The van der Waals surface area contributed by atoms with E-state index in [0.717, 1.165) is 11.1 Å². The Bertz CT molecular complexity index is 719. The van der Waals surface area contributed by atoms with Gasteiger partial charge in [-0.05, 0) is 29.5 Å². The Morgan fingerprint density at radius 2 is 1.58 bits per heavy atom. The normalized spacial score (nSPS) is 19.9. The second-order valence-electron chi connectivity index (χ2n) is 6.10. The zero-order valence-corrected chi connectivity index (χ0v) is 13.4. The summed E-state index contributed by atoms with van der Waals surface area (Å²) in [7, 11) is 0. The van der Waals surface area contributed by atoms with E-state index >= 15 is 0 Å². The number of ketones is 1. The number of esters is 1. The van der Waals surface area contributed by atoms with Gasteiger partial charge in [-0.3, -0.25) is 9.59 Å². The van der Waals surface area contributed by atoms with Crippen LogP contribution in [-0.2, 0) is 27.4 Å². The molecule has 3 heteroatoms. The first kappa shape index (κ1) is 16.2. The fraction of sp³-hybridized carbons (Fsp3) is 0.238. The number of carbonyl (C=O) groups is 2. The Morgan fingerprint density at radius 1 is 0.958 bits per heavy atom. The predicted molar refractivity (Wildman–Crippen MR) is 92.1 cm³/mol. The Labute approximate surface area is 142 Å². The lowest BCUT2D eigenvalue weighted by Crippen LogP contribution is -2.30. The fourth-order valence-corrected chi connectivity index (χ4v) is 3.03. The van der Waals surface area contributed by atoms with Gasteiger partial charge >= 0.3 is 5.97 Å². The molecule has 0 spiro atoms. The van der Waals surface area contributed by atoms with Crippen LogP contribution in [0.4, 0.5) is 0 Å². The number of allylic oxidation sites excluding steroid dienone is 1. The van der Waals surface area contributed by atoms with Crippen LogP contribution in [0, 0.1) is 11.8 Å². The minimum absolute atomic E-state index is 0.0480. The molecular weight excluding hydrogens is 300 g/mol. The topological polar surface area (TPSA) is 43.4 Å². The molecule has 0 heterocycles. The smallest absolute Gasteiger partial charge is 0.313 e. The molecule has 0 N–H and O–H groups in total. The summed E-state index contributed by atoms with van der Waals surface area (Å²) < 4.78 is 5.47. The average Bonchev–Trinajstić information content (AvgIpc) is 2.62. The third kappa shape index (κ3) is 4.19. The van der Waals surface area contributed by atoms with Gasteiger partial charge in [-0.2, -0.15) is 0 Å². The van der Waals surface area contributed by atoms with Crippen LogP contribution in [0.25, 0.3) is 0 Å². The van der Waals surface area contributed by atoms with E-state index in [0.29, 0.717) is 12.8 Å². The molecule has 1 aliphatic rings. The van der Waals surface area contributed by atoms with E-state index in [1.807, 2.05) is 60.7 Å². The van der Waals surface area contributed by atoms with Gasteiger partial charge in [0.25, 0.3) is 0 Å². The van der Waals surface area contributed by atoms with Crippen LogP contribution in [0.3, 0.4) is 0 Å². The molecular formula is C21H20O3. The monoisotopic (exact) mass is 320 g/mol. The lowest BCUT2D eigenvalue weighted by molar-refractivity contribution is -0.150. The molecule has 0 radical (unpaired) electrons. The molecule has 0 amide bonds. The van der Waals surface area contributed by atoms with Gasteiger partial charge in [0, 0.05) is 6.42 Å². The minimum Gasteiger partial charge on any atom is -0.460 e. The Morgan fingerprint density at radius 3 is 2.25 bits per heavy atom. The van der Waals surface area contributed by atoms with Gasteiger partial charge in [-0.1, -0.05) is 66.7 Å². The molecule has 3 rings (SSSR count). The van der Waals surface area contributed by atoms with Crippen LogP contribution >= 0.6 is 0 Å². The van der Waals surface area contributed by atoms with Crippen molar-refractivity contribution >= 4 is 11.8 Å². The molecule has 2 aromatic rings. The van der Waals surface area contributed by atoms with Crippen molar-refractivity contribution in [3.63, 3.8) is 0 Å². The summed E-state index contributed by atoms with van der Waals surface area (Å²) in [5.74, 6) is -0.605. The molecule has 0 saturated heterocycles. The van der Waals surface area contributed by atoms with E-state index in [-0.39, 0.29) is 30.2 Å². The maximum Gasteiger partial charge on any atom is 0.313 e. The number of hydrogen-bond acceptors (Lipinski definition) is 3. The molecule has 2 atom stereocenters. The lowest BCUT2D eigenvalue weighted by atomic mass is 9.79. The summed E-state index contributed by atoms with van der Waals surface area (Å²) in [5, 5.41) is 0. The van der Waals surface area contributed by atoms with Crippen LogP contribution in [0.2, 0.25) is 0 Å². The third-order valence-electron chi connectivity index (χ3n) is 4.30. The van der Waals surface area contributed by atoms with Crippen molar-refractivity contribution < 1.29 is 14.3 Å². The van der Waals surface area contributed by atoms with Gasteiger partial charge in [-0.15, -0.1) is 0 Å². The molecule has 0 saturated carbocycles. The molecule has 1 aliphatic carbocycles. The molecule has 0 aromatic heterocycles. The second kappa shape index (κ2) is 7.73. The quantitative estimate of drug-likeness (QED) is 0.788. The maximum absolute atomic E-state index is 12.5. The Balaban J connectivity index is 1.67. The van der Waals surface area contributed by atoms with Crippen LogP contribution in [0.5, 0.6) is 0 Å². The van der Waals surface area contributed by atoms with Gasteiger partial charge in [0.15, 0.2) is 5.78 Å². The van der Waals surface area contributed by atoms with E-state index in [4.69, 9.17) is 4.74 Å². The first-order valence-electron chi connectivity index (χ1n) is 8.18. The first-order valence-corrected chi connectivity index (χ1v) is 8.18. The predicted octanol–water partition coefficient (Wildman–Crippen LogP) is 3.73. The summed E-state index contributed by atoms with van der Waals surface area (Å²) in [6.07, 6.45) is 4.29. The van der Waals surface area contributed by atoms with Crippen molar-refractivity contribution in [2.24, 2.45) is 11.8 Å². The number of benzene rings is 2. The molecule has 0 aliphatic heterocycles. The Kier molecular flexibility index (Phi) is 5.22. The molecule has 2 unspecified atom stereocenters. The second-order valence-corrected chi connectivity index (χ2v) is 6.10. The van der Waals surface area contributed by atoms with Crippen LogP contribution < -0.4 is 0 Å². The van der Waals surface area contributed by atoms with Crippen LogP contribution in [-0.4, -0.2) is 11.8 Å². The highest BCUT2D eigenvalue weighted by Crippen LogP contribution is 2.28. The summed E-state index contributed by atoms with van der Waals surface area (Å²) >= 11 is 0. The van der Waals surface area contributed by atoms with E-state index in [1.165, 1.54) is 6.08 Å². The molecule has 24 heavy (non-hydrogen) atoms. The van der Waals surface area contributed by atoms with E-state index in [2.05, 4.69) is 0 Å². The van der Waals surface area contributed by atoms with Gasteiger partial charge in [0.2, 0.25) is 0 Å². The summed E-state index contributed by atoms with van der Waals surface area (Å²) in [6, 6.07) is 19.6. The van der Waals surface area contributed by atoms with Crippen molar-refractivity contribution in [1.29, 1.82) is 0 Å². The molecule has 0 bridgehead atoms. The first-order chi connectivity index (χ1) is 11.7. The highest BCUT2D eigenvalue weighted by atomic mass is 16.5. The molecule has 0 fully saturated rings. The number of hydrogen-bond donors (Lipinski definition) is 0. The van der Waals surface area contributed by atoms with E-state index < -0.39 is 0 Å². The lowest BCUT2D eigenvalue weighted by Gasteiger charge is -2.25. The standard InChI is InChI=1S/C21H20O3/c22-19-11-12-20(18(14-19)13-16-7-3-1-4-8-16)21(23)24-15-17-9-5-2-6-10-17/h1-12,18,20H,13-15H2. The van der Waals surface area contributed by atoms with Crippen molar-refractivity contribution in [3.8, 4) is 0 Å². The van der Waals surface area contributed by atoms with Gasteiger partial charge in [-0.25, -0.2) is 0 Å². The maximum atomic E-state index is 12.5. The SMILES string of the molecule is O=C1C=CC(C(=O)OCc2ccccc2)C(Cc2ccccc2)C1. The van der Waals surface area contributed by atoms with Crippen LogP contribution in [0.1, 0.15) is 17.5 Å². The summed E-state index contributed by atoms with van der Waals surface area (Å²) in [6.45, 7) is 0.260. The van der Waals surface area contributed by atoms with Crippen molar-refractivity contribution in [2.45, 2.75) is 19.4 Å². The van der Waals surface area contributed by atoms with Gasteiger partial charge in [0.1, 0.15) is 6.61 Å². The number of carbonyl (C=O) groups excluding carboxylic acids is 2. The zero-order valence-electron chi connectivity index (χ0n) is 13.4. The summed E-state index contributed by atoms with van der Waals surface area (Å²) in [5.41, 5.74) is 2.09. The number of ether oxygens (including phenoxy) is 1. The minimum atomic E-state index is -0.369. The summed E-state index contributed by atoms with van der Waals surface area (Å²) in [4.78, 5) is 24.3. The van der Waals surface area contributed by atoms with E-state index in [1.54, 1.807) is 6.08 Å². The highest BCUT2D eigenvalue weighted by Gasteiger charge is 2.32. The fourth-order valence-electron chi connectivity index (χ4n) is 3.03. The van der Waals surface area contributed by atoms with Crippen LogP contribution in [0.15, 0.2) is 72.8 Å². The Hall–Kier alpha value is -2.68. The van der Waals surface area contributed by atoms with Gasteiger partial charge < -0.3 is 4.74 Å². The van der Waals surface area contributed by atoms with Crippen molar-refractivity contribution in [3.05, 3.63) is 83.9 Å². The van der Waals surface area contributed by atoms with E-state index in [9.17, 15) is 9.59 Å². The molecule has 122 valence electrons. The van der Waals surface area contributed by atoms with Crippen molar-refractivity contribution in [1.82, 2.24) is 0 Å². The highest BCUT2D eigenvalue weighted by molar-refractivity contribution is 5.93. The van der Waals surface area contributed by atoms with Crippen molar-refractivity contribution in [2.75, 3.05) is 0 Å². The third-order valence-corrected chi connectivity index (χ3v) is 4.30.